The summed E-state index contributed by atoms with van der Waals surface area (Å²) in [6.07, 6.45) is 1.89. The standard InChI is InChI=1S/C24H25N5O5S2/c1-28(36(33,34)24-12-11-22(35-24)18-5-3-2-4-6-18)15-19-16-29(27-25-19)20(14-23(31)26-32)13-17-7-9-21(30)10-8-17/h2-12,16,20,30,32H,13-15H2,1H3,(H,26,31)/t20-/m0/s1. The van der Waals surface area contributed by atoms with Crippen LogP contribution in [0.3, 0.4) is 0 Å². The lowest BCUT2D eigenvalue weighted by Crippen LogP contribution is -2.26. The van der Waals surface area contributed by atoms with Gasteiger partial charge in [0.2, 0.25) is 5.91 Å². The van der Waals surface area contributed by atoms with Crippen molar-refractivity contribution in [3.8, 4) is 16.2 Å². The predicted octanol–water partition coefficient (Wildman–Crippen LogP) is 3.21. The Morgan fingerprint density at radius 3 is 2.53 bits per heavy atom. The van der Waals surface area contributed by atoms with Crippen molar-refractivity contribution in [3.63, 3.8) is 0 Å². The number of hydrogen-bond acceptors (Lipinski definition) is 8. The van der Waals surface area contributed by atoms with Gasteiger partial charge in [0.1, 0.15) is 9.96 Å². The molecule has 1 amide bonds. The number of phenols is 1. The Balaban J connectivity index is 1.49. The fourth-order valence-electron chi connectivity index (χ4n) is 3.67. The molecule has 188 valence electrons. The monoisotopic (exact) mass is 527 g/mol. The number of nitrogens with zero attached hydrogens (tertiary/aromatic N) is 4. The maximum absolute atomic E-state index is 13.2. The minimum absolute atomic E-state index is 0.0149. The molecule has 0 aliphatic rings. The molecule has 4 aromatic rings. The summed E-state index contributed by atoms with van der Waals surface area (Å²) in [6.45, 7) is -0.0149. The van der Waals surface area contributed by atoms with Crippen LogP contribution >= 0.6 is 11.3 Å². The number of nitrogens with one attached hydrogen (secondary N) is 1. The first-order valence-corrected chi connectivity index (χ1v) is 13.2. The normalized spacial score (nSPS) is 12.5. The minimum Gasteiger partial charge on any atom is -0.508 e. The number of aromatic hydroxyl groups is 1. The fraction of sp³-hybridized carbons (Fsp3) is 0.208. The molecule has 12 heteroatoms. The van der Waals surface area contributed by atoms with Gasteiger partial charge in [-0.2, -0.15) is 4.31 Å². The molecule has 36 heavy (non-hydrogen) atoms. The molecule has 0 aliphatic carbocycles. The molecule has 2 aromatic carbocycles. The minimum atomic E-state index is -3.76. The average molecular weight is 528 g/mol. The Morgan fingerprint density at radius 2 is 1.83 bits per heavy atom. The SMILES string of the molecule is CN(Cc1cn([C@H](CC(=O)NO)Cc2ccc(O)cc2)nn1)S(=O)(=O)c1ccc(-c2ccccc2)s1. The van der Waals surface area contributed by atoms with Crippen molar-refractivity contribution in [2.75, 3.05) is 7.05 Å². The number of benzene rings is 2. The van der Waals surface area contributed by atoms with Crippen molar-refractivity contribution >= 4 is 27.3 Å². The highest BCUT2D eigenvalue weighted by atomic mass is 32.2. The highest BCUT2D eigenvalue weighted by Gasteiger charge is 2.25. The molecule has 0 fully saturated rings. The van der Waals surface area contributed by atoms with E-state index in [0.717, 1.165) is 16.0 Å². The molecule has 0 spiro atoms. The van der Waals surface area contributed by atoms with Crippen LogP contribution in [0.5, 0.6) is 5.75 Å². The van der Waals surface area contributed by atoms with E-state index in [2.05, 4.69) is 10.3 Å². The average Bonchev–Trinajstić information content (AvgIpc) is 3.56. The van der Waals surface area contributed by atoms with E-state index in [0.29, 0.717) is 12.1 Å². The van der Waals surface area contributed by atoms with E-state index in [1.165, 1.54) is 27.4 Å². The largest absolute Gasteiger partial charge is 0.508 e. The van der Waals surface area contributed by atoms with Crippen molar-refractivity contribution in [3.05, 3.63) is 84.2 Å². The second-order valence-corrected chi connectivity index (χ2v) is 11.6. The summed E-state index contributed by atoms with van der Waals surface area (Å²) < 4.78 is 29.2. The molecule has 10 nitrogen and oxygen atoms in total. The van der Waals surface area contributed by atoms with Crippen LogP contribution in [0.25, 0.3) is 10.4 Å². The van der Waals surface area contributed by atoms with E-state index < -0.39 is 22.0 Å². The van der Waals surface area contributed by atoms with Crippen molar-refractivity contribution in [2.24, 2.45) is 0 Å². The summed E-state index contributed by atoms with van der Waals surface area (Å²) in [5.41, 5.74) is 3.81. The molecule has 0 saturated carbocycles. The Morgan fingerprint density at radius 1 is 1.11 bits per heavy atom. The highest BCUT2D eigenvalue weighted by Crippen LogP contribution is 2.32. The summed E-state index contributed by atoms with van der Waals surface area (Å²) in [7, 11) is -2.28. The number of carbonyl (C=O) groups is 1. The van der Waals surface area contributed by atoms with Gasteiger partial charge in [0.25, 0.3) is 10.0 Å². The van der Waals surface area contributed by atoms with Crippen LogP contribution in [0.1, 0.15) is 23.7 Å². The molecule has 4 rings (SSSR count). The van der Waals surface area contributed by atoms with Gasteiger partial charge in [-0.3, -0.25) is 10.0 Å². The van der Waals surface area contributed by atoms with Crippen molar-refractivity contribution in [1.82, 2.24) is 24.8 Å². The first-order chi connectivity index (χ1) is 17.3. The summed E-state index contributed by atoms with van der Waals surface area (Å²) in [4.78, 5) is 12.7. The summed E-state index contributed by atoms with van der Waals surface area (Å²) in [5.74, 6) is -0.472. The van der Waals surface area contributed by atoms with Crippen LogP contribution in [-0.4, -0.2) is 51.0 Å². The third kappa shape index (κ3) is 5.97. The zero-order chi connectivity index (χ0) is 25.7. The Hall–Kier alpha value is -3.58. The summed E-state index contributed by atoms with van der Waals surface area (Å²) in [5, 5.41) is 26.7. The molecular weight excluding hydrogens is 502 g/mol. The summed E-state index contributed by atoms with van der Waals surface area (Å²) in [6, 6.07) is 19.0. The number of rotatable bonds is 10. The van der Waals surface area contributed by atoms with E-state index in [1.54, 1.807) is 48.1 Å². The van der Waals surface area contributed by atoms with Crippen LogP contribution in [0, 0.1) is 0 Å². The van der Waals surface area contributed by atoms with Crippen LogP contribution in [-0.2, 0) is 27.8 Å². The molecule has 2 heterocycles. The predicted molar refractivity (Wildman–Crippen MR) is 134 cm³/mol. The lowest BCUT2D eigenvalue weighted by molar-refractivity contribution is -0.130. The molecule has 1 atom stereocenters. The summed E-state index contributed by atoms with van der Waals surface area (Å²) >= 11 is 1.20. The second-order valence-electron chi connectivity index (χ2n) is 8.20. The van der Waals surface area contributed by atoms with Gasteiger partial charge in [0, 0.05) is 11.9 Å². The number of hydrogen-bond donors (Lipinski definition) is 3. The molecule has 0 unspecified atom stereocenters. The Kier molecular flexibility index (Phi) is 7.79. The number of thiophene rings is 1. The zero-order valence-corrected chi connectivity index (χ0v) is 21.0. The van der Waals surface area contributed by atoms with Crippen molar-refractivity contribution in [1.29, 1.82) is 0 Å². The number of carbonyl (C=O) groups excluding carboxylic acids is 1. The molecule has 0 bridgehead atoms. The van der Waals surface area contributed by atoms with E-state index in [9.17, 15) is 18.3 Å². The first kappa shape index (κ1) is 25.5. The van der Waals surface area contributed by atoms with Gasteiger partial charge in [-0.25, -0.2) is 18.6 Å². The first-order valence-electron chi connectivity index (χ1n) is 11.0. The number of aromatic nitrogens is 3. The van der Waals surface area contributed by atoms with Crippen LogP contribution in [0.15, 0.2) is 77.1 Å². The maximum Gasteiger partial charge on any atom is 0.252 e. The van der Waals surface area contributed by atoms with E-state index in [4.69, 9.17) is 5.21 Å². The lowest BCUT2D eigenvalue weighted by atomic mass is 10.0. The molecule has 2 aromatic heterocycles. The van der Waals surface area contributed by atoms with Gasteiger partial charge in [-0.15, -0.1) is 16.4 Å². The second kappa shape index (κ2) is 11.0. The number of phenolic OH excluding ortho intramolecular Hbond substituents is 1. The Bertz CT molecular complexity index is 1420. The molecule has 3 N–H and O–H groups in total. The third-order valence-electron chi connectivity index (χ3n) is 5.57. The van der Waals surface area contributed by atoms with E-state index >= 15 is 0 Å². The van der Waals surface area contributed by atoms with E-state index in [1.807, 2.05) is 30.3 Å². The van der Waals surface area contributed by atoms with Crippen molar-refractivity contribution in [2.45, 2.75) is 29.6 Å². The van der Waals surface area contributed by atoms with Gasteiger partial charge in [-0.1, -0.05) is 47.7 Å². The van der Waals surface area contributed by atoms with Crippen molar-refractivity contribution < 1.29 is 23.5 Å². The maximum atomic E-state index is 13.2. The third-order valence-corrected chi connectivity index (χ3v) is 8.98. The lowest BCUT2D eigenvalue weighted by Gasteiger charge is -2.16. The van der Waals surface area contributed by atoms with Gasteiger partial charge in [0.05, 0.1) is 30.9 Å². The molecule has 0 radical (unpaired) electrons. The quantitative estimate of drug-likeness (QED) is 0.213. The smallest absolute Gasteiger partial charge is 0.252 e. The van der Waals surface area contributed by atoms with E-state index in [-0.39, 0.29) is 22.9 Å². The van der Waals surface area contributed by atoms with Crippen LogP contribution in [0.2, 0.25) is 0 Å². The zero-order valence-electron chi connectivity index (χ0n) is 19.4. The molecule has 0 saturated heterocycles. The van der Waals surface area contributed by atoms with Gasteiger partial charge in [0.15, 0.2) is 0 Å². The number of hydroxylamine groups is 1. The molecule has 0 aliphatic heterocycles. The highest BCUT2D eigenvalue weighted by molar-refractivity contribution is 7.91. The van der Waals surface area contributed by atoms with Crippen LogP contribution in [0.4, 0.5) is 0 Å². The Labute approximate surface area is 212 Å². The molecular formula is C24H25N5O5S2. The van der Waals surface area contributed by atoms with Gasteiger partial charge < -0.3 is 5.11 Å². The topological polar surface area (TPSA) is 138 Å². The van der Waals surface area contributed by atoms with Gasteiger partial charge in [-0.05, 0) is 41.8 Å². The number of amides is 1. The van der Waals surface area contributed by atoms with Gasteiger partial charge >= 0.3 is 0 Å². The number of sulfonamides is 1. The fourth-order valence-corrected chi connectivity index (χ4v) is 6.33. The van der Waals surface area contributed by atoms with Crippen LogP contribution < -0.4 is 5.48 Å².